The maximum atomic E-state index is 13.9. The van der Waals surface area contributed by atoms with Crippen LogP contribution in [0.15, 0.2) is 53.0 Å². The first-order valence-corrected chi connectivity index (χ1v) is 7.46. The zero-order valence-corrected chi connectivity index (χ0v) is 13.8. The number of ether oxygens (including phenoxy) is 1. The molecule has 2 rings (SSSR count). The molecule has 0 aliphatic carbocycles. The molecule has 1 unspecified atom stereocenters. The minimum absolute atomic E-state index is 0.227. The van der Waals surface area contributed by atoms with Crippen molar-refractivity contribution >= 4 is 15.9 Å². The summed E-state index contributed by atoms with van der Waals surface area (Å²) in [4.78, 5) is 0. The summed E-state index contributed by atoms with van der Waals surface area (Å²) in [6.07, 6.45) is -4.57. The lowest BCUT2D eigenvalue weighted by atomic mass is 9.74. The van der Waals surface area contributed by atoms with Crippen LogP contribution in [0.3, 0.4) is 0 Å². The maximum Gasteiger partial charge on any atom is 0.573 e. The molecule has 25 heavy (non-hydrogen) atoms. The Morgan fingerprint density at radius 1 is 0.800 bits per heavy atom. The lowest BCUT2D eigenvalue weighted by molar-refractivity contribution is -0.274. The molecule has 8 heteroatoms. The molecule has 0 spiro atoms. The second-order valence-electron chi connectivity index (χ2n) is 4.97. The second kappa shape index (κ2) is 6.64. The Labute approximate surface area is 147 Å². The van der Waals surface area contributed by atoms with Gasteiger partial charge in [-0.1, -0.05) is 46.1 Å². The first-order chi connectivity index (χ1) is 11.5. The third-order valence-electron chi connectivity index (χ3n) is 3.44. The molecule has 0 aliphatic heterocycles. The van der Waals surface area contributed by atoms with E-state index in [1.165, 1.54) is 24.3 Å². The first kappa shape index (κ1) is 19.2. The Morgan fingerprint density at radius 3 is 1.60 bits per heavy atom. The summed E-state index contributed by atoms with van der Waals surface area (Å²) < 4.78 is 82.4. The highest BCUT2D eigenvalue weighted by molar-refractivity contribution is 9.10. The molecule has 1 atom stereocenters. The van der Waals surface area contributed by atoms with Crippen LogP contribution in [-0.2, 0) is 5.41 Å². The molecule has 2 aromatic rings. The molecule has 132 valence electrons. The minimum atomic E-state index is -4.94. The van der Waals surface area contributed by atoms with Gasteiger partial charge in [0.1, 0.15) is 5.75 Å². The number of rotatable bonds is 3. The molecular formula is C17H9BrF6O. The molecule has 0 aromatic heterocycles. The molecule has 0 amide bonds. The molecule has 0 saturated carbocycles. The van der Waals surface area contributed by atoms with Crippen molar-refractivity contribution in [2.75, 3.05) is 0 Å². The van der Waals surface area contributed by atoms with Gasteiger partial charge in [0.15, 0.2) is 5.41 Å². The van der Waals surface area contributed by atoms with Crippen LogP contribution < -0.4 is 4.74 Å². The highest BCUT2D eigenvalue weighted by Crippen LogP contribution is 2.46. The smallest absolute Gasteiger partial charge is 0.406 e. The Hall–Kier alpha value is -2.14. The van der Waals surface area contributed by atoms with Gasteiger partial charge in [-0.15, -0.1) is 19.6 Å². The number of hydrogen-bond acceptors (Lipinski definition) is 1. The van der Waals surface area contributed by atoms with Gasteiger partial charge in [-0.2, -0.15) is 13.2 Å². The van der Waals surface area contributed by atoms with Crippen LogP contribution >= 0.6 is 15.9 Å². The second-order valence-corrected chi connectivity index (χ2v) is 5.89. The lowest BCUT2D eigenvalue weighted by Crippen LogP contribution is -2.42. The van der Waals surface area contributed by atoms with E-state index in [-0.39, 0.29) is 11.1 Å². The normalized spacial score (nSPS) is 14.5. The van der Waals surface area contributed by atoms with E-state index in [1.807, 2.05) is 0 Å². The van der Waals surface area contributed by atoms with E-state index in [4.69, 9.17) is 6.42 Å². The zero-order chi connectivity index (χ0) is 18.9. The van der Waals surface area contributed by atoms with Crippen LogP contribution in [0.4, 0.5) is 26.3 Å². The fourth-order valence-corrected chi connectivity index (χ4v) is 2.61. The van der Waals surface area contributed by atoms with Gasteiger partial charge in [0.05, 0.1) is 0 Å². The number of halogens is 7. The van der Waals surface area contributed by atoms with Crippen LogP contribution in [-0.4, -0.2) is 12.5 Å². The Kier molecular flexibility index (Phi) is 5.09. The monoisotopic (exact) mass is 422 g/mol. The minimum Gasteiger partial charge on any atom is -0.406 e. The van der Waals surface area contributed by atoms with E-state index in [9.17, 15) is 26.3 Å². The van der Waals surface area contributed by atoms with Gasteiger partial charge >= 0.3 is 12.5 Å². The number of benzene rings is 2. The molecule has 0 fully saturated rings. The molecule has 0 radical (unpaired) electrons. The summed E-state index contributed by atoms with van der Waals surface area (Å²) in [5.41, 5.74) is -3.42. The van der Waals surface area contributed by atoms with Gasteiger partial charge in [-0.3, -0.25) is 0 Å². The molecule has 0 N–H and O–H groups in total. The van der Waals surface area contributed by atoms with Crippen LogP contribution in [0.2, 0.25) is 0 Å². The maximum absolute atomic E-state index is 13.9. The van der Waals surface area contributed by atoms with E-state index < -0.39 is 23.7 Å². The average Bonchev–Trinajstić information content (AvgIpc) is 2.49. The van der Waals surface area contributed by atoms with E-state index in [1.54, 1.807) is 5.92 Å². The van der Waals surface area contributed by atoms with Gasteiger partial charge in [-0.05, 0) is 35.4 Å². The first-order valence-electron chi connectivity index (χ1n) is 6.66. The zero-order valence-electron chi connectivity index (χ0n) is 12.3. The quantitative estimate of drug-likeness (QED) is 0.446. The molecule has 0 aliphatic rings. The number of hydrogen-bond donors (Lipinski definition) is 0. The molecule has 0 heterocycles. The average molecular weight is 423 g/mol. The molecule has 0 bridgehead atoms. The van der Waals surface area contributed by atoms with E-state index >= 15 is 0 Å². The van der Waals surface area contributed by atoms with Crippen molar-refractivity contribution < 1.29 is 31.1 Å². The van der Waals surface area contributed by atoms with Crippen LogP contribution in [0, 0.1) is 12.3 Å². The Bertz CT molecular complexity index is 771. The molecule has 2 aromatic carbocycles. The molecule has 0 saturated heterocycles. The van der Waals surface area contributed by atoms with E-state index in [0.29, 0.717) is 4.47 Å². The van der Waals surface area contributed by atoms with Gasteiger partial charge in [-0.25, -0.2) is 0 Å². The summed E-state index contributed by atoms with van der Waals surface area (Å²) in [6, 6.07) is 8.53. The highest BCUT2D eigenvalue weighted by atomic mass is 79.9. The lowest BCUT2D eigenvalue weighted by Gasteiger charge is -2.32. The summed E-state index contributed by atoms with van der Waals surface area (Å²) in [6.45, 7) is 0. The summed E-state index contributed by atoms with van der Waals surface area (Å²) in [5.74, 6) is 1.13. The SMILES string of the molecule is C#CC(c1ccc(Br)cc1)(c1ccc(OC(F)(F)F)cc1)C(F)(F)F. The summed E-state index contributed by atoms with van der Waals surface area (Å²) >= 11 is 3.12. The van der Waals surface area contributed by atoms with Crippen molar-refractivity contribution in [1.82, 2.24) is 0 Å². The van der Waals surface area contributed by atoms with Gasteiger partial charge in [0.2, 0.25) is 0 Å². The molecule has 1 nitrogen and oxygen atoms in total. The van der Waals surface area contributed by atoms with Crippen LogP contribution in [0.1, 0.15) is 11.1 Å². The van der Waals surface area contributed by atoms with Crippen molar-refractivity contribution in [3.63, 3.8) is 0 Å². The summed E-state index contributed by atoms with van der Waals surface area (Å²) in [5, 5.41) is 0. The Morgan fingerprint density at radius 2 is 1.24 bits per heavy atom. The topological polar surface area (TPSA) is 9.23 Å². The van der Waals surface area contributed by atoms with Crippen LogP contribution in [0.25, 0.3) is 0 Å². The fraction of sp³-hybridized carbons (Fsp3) is 0.176. The fourth-order valence-electron chi connectivity index (χ4n) is 2.35. The highest BCUT2D eigenvalue weighted by Gasteiger charge is 2.56. The standard InChI is InChI=1S/C17H9BrF6O/c1-2-15(16(19,20)21,11-3-7-13(18)8-4-11)12-5-9-14(10-6-12)25-17(22,23)24/h1,3-10H. The van der Waals surface area contributed by atoms with Gasteiger partial charge < -0.3 is 4.74 Å². The van der Waals surface area contributed by atoms with Crippen molar-refractivity contribution in [3.05, 3.63) is 64.1 Å². The third-order valence-corrected chi connectivity index (χ3v) is 3.97. The third kappa shape index (κ3) is 3.93. The van der Waals surface area contributed by atoms with Crippen molar-refractivity contribution in [2.45, 2.75) is 18.0 Å². The van der Waals surface area contributed by atoms with Crippen molar-refractivity contribution in [1.29, 1.82) is 0 Å². The van der Waals surface area contributed by atoms with Crippen LogP contribution in [0.5, 0.6) is 5.75 Å². The number of alkyl halides is 6. The van der Waals surface area contributed by atoms with Crippen molar-refractivity contribution in [2.24, 2.45) is 0 Å². The van der Waals surface area contributed by atoms with Gasteiger partial charge in [0.25, 0.3) is 0 Å². The van der Waals surface area contributed by atoms with Gasteiger partial charge in [0, 0.05) is 4.47 Å². The number of terminal acetylenes is 1. The van der Waals surface area contributed by atoms with E-state index in [0.717, 1.165) is 24.3 Å². The predicted octanol–water partition coefficient (Wildman–Crippen LogP) is 5.83. The predicted molar refractivity (Wildman–Crippen MR) is 82.9 cm³/mol. The van der Waals surface area contributed by atoms with E-state index in [2.05, 4.69) is 20.7 Å². The largest absolute Gasteiger partial charge is 0.573 e. The Balaban J connectivity index is 2.58. The van der Waals surface area contributed by atoms with Crippen molar-refractivity contribution in [3.8, 4) is 18.1 Å². The molecular weight excluding hydrogens is 414 g/mol. The summed E-state index contributed by atoms with van der Waals surface area (Å²) in [7, 11) is 0.